The van der Waals surface area contributed by atoms with Gasteiger partial charge in [-0.15, -0.1) is 0 Å². The third-order valence-electron chi connectivity index (χ3n) is 2.60. The van der Waals surface area contributed by atoms with Crippen molar-refractivity contribution >= 4 is 42.8 Å². The Morgan fingerprint density at radius 1 is 1.27 bits per heavy atom. The first-order valence-electron chi connectivity index (χ1n) is 4.89. The molecule has 0 aliphatic rings. The Hall–Kier alpha value is -0.320. The molecule has 2 rings (SSSR count). The van der Waals surface area contributed by atoms with Crippen LogP contribution in [-0.2, 0) is 6.42 Å². The number of nitrogens with one attached hydrogen (secondary N) is 1. The molecule has 15 heavy (non-hydrogen) atoms. The van der Waals surface area contributed by atoms with Gasteiger partial charge in [-0.1, -0.05) is 15.9 Å². The third-order valence-corrected chi connectivity index (χ3v) is 3.92. The summed E-state index contributed by atoms with van der Waals surface area (Å²) in [4.78, 5) is 3.42. The van der Waals surface area contributed by atoms with Gasteiger partial charge in [-0.3, -0.25) is 0 Å². The predicted octanol–water partition coefficient (Wildman–Crippen LogP) is 2.79. The van der Waals surface area contributed by atoms with E-state index >= 15 is 0 Å². The van der Waals surface area contributed by atoms with Crippen LogP contribution in [0, 0.1) is 6.92 Å². The van der Waals surface area contributed by atoms with Crippen LogP contribution in [0.15, 0.2) is 21.1 Å². The average Bonchev–Trinajstić information content (AvgIpc) is 2.53. The van der Waals surface area contributed by atoms with Crippen LogP contribution >= 0.6 is 31.9 Å². The number of hydrogen-bond donors (Lipinski definition) is 2. The predicted molar refractivity (Wildman–Crippen MR) is 69.9 cm³/mol. The molecule has 80 valence electrons. The average molecular weight is 333 g/mol. The van der Waals surface area contributed by atoms with Gasteiger partial charge in [0.15, 0.2) is 0 Å². The highest BCUT2D eigenvalue weighted by Crippen LogP contribution is 2.34. The van der Waals surface area contributed by atoms with Crippen LogP contribution in [0.25, 0.3) is 10.9 Å². The fraction of sp³-hybridized carbons (Fsp3) is 0.273. The molecule has 0 bridgehead atoms. The third kappa shape index (κ3) is 1.86. The minimum atomic E-state index is 0.923. The molecule has 0 spiro atoms. The summed E-state index contributed by atoms with van der Waals surface area (Å²) in [7, 11) is 0. The molecule has 2 nitrogen and oxygen atoms in total. The van der Waals surface area contributed by atoms with Crippen LogP contribution < -0.4 is 5.73 Å². The summed E-state index contributed by atoms with van der Waals surface area (Å²) in [6.07, 6.45) is 1.01. The summed E-state index contributed by atoms with van der Waals surface area (Å²) in [5.74, 6) is 0. The number of H-pyrrole nitrogens is 1. The smallest absolute Gasteiger partial charge is 0.0781 e. The number of aromatic amines is 1. The molecule has 1 heterocycles. The van der Waals surface area contributed by atoms with Crippen LogP contribution in [0.3, 0.4) is 0 Å². The van der Waals surface area contributed by atoms with Gasteiger partial charge in [0.05, 0.1) is 12.1 Å². The minimum Gasteiger partial charge on any atom is -0.357 e. The number of quaternary nitrogens is 1. The standard InChI is InChI=1S/C11H12Br2N2/c1-6-7(4-5-14)10-8(12)2-3-9(13)11(10)15-6/h2-3,15H,4-5,14H2,1H3/p+1. The summed E-state index contributed by atoms with van der Waals surface area (Å²) in [5.41, 5.74) is 7.70. The number of hydrogen-bond acceptors (Lipinski definition) is 0. The molecule has 4 heteroatoms. The molecule has 0 fully saturated rings. The van der Waals surface area contributed by atoms with Crippen molar-refractivity contribution in [3.05, 3.63) is 32.3 Å². The van der Waals surface area contributed by atoms with Gasteiger partial charge in [-0.2, -0.15) is 0 Å². The van der Waals surface area contributed by atoms with E-state index in [4.69, 9.17) is 0 Å². The Morgan fingerprint density at radius 3 is 2.60 bits per heavy atom. The number of benzene rings is 1. The first-order valence-corrected chi connectivity index (χ1v) is 6.48. The summed E-state index contributed by atoms with van der Waals surface area (Å²) in [5, 5.41) is 1.28. The van der Waals surface area contributed by atoms with Crippen molar-refractivity contribution in [2.75, 3.05) is 6.54 Å². The highest BCUT2D eigenvalue weighted by molar-refractivity contribution is 9.11. The Labute approximate surface area is 105 Å². The Morgan fingerprint density at radius 2 is 1.93 bits per heavy atom. The first kappa shape index (κ1) is 11.2. The largest absolute Gasteiger partial charge is 0.357 e. The zero-order valence-electron chi connectivity index (χ0n) is 8.53. The van der Waals surface area contributed by atoms with Gasteiger partial charge in [0.1, 0.15) is 0 Å². The molecule has 0 saturated heterocycles. The first-order chi connectivity index (χ1) is 7.15. The maximum Gasteiger partial charge on any atom is 0.0781 e. The van der Waals surface area contributed by atoms with Crippen molar-refractivity contribution < 1.29 is 5.73 Å². The Kier molecular flexibility index (Phi) is 3.19. The fourth-order valence-electron chi connectivity index (χ4n) is 1.91. The van der Waals surface area contributed by atoms with Crippen LogP contribution in [0.5, 0.6) is 0 Å². The van der Waals surface area contributed by atoms with Gasteiger partial charge in [0, 0.05) is 26.4 Å². The molecular weight excluding hydrogens is 320 g/mol. The van der Waals surface area contributed by atoms with Gasteiger partial charge >= 0.3 is 0 Å². The lowest BCUT2D eigenvalue weighted by Crippen LogP contribution is -2.51. The van der Waals surface area contributed by atoms with Crippen molar-refractivity contribution in [3.8, 4) is 0 Å². The van der Waals surface area contributed by atoms with Gasteiger partial charge < -0.3 is 10.7 Å². The SMILES string of the molecule is Cc1[nH]c2c(Br)ccc(Br)c2c1CC[NH3+]. The highest BCUT2D eigenvalue weighted by Gasteiger charge is 2.13. The molecule has 0 saturated carbocycles. The lowest BCUT2D eigenvalue weighted by Gasteiger charge is -2.00. The van der Waals surface area contributed by atoms with Crippen LogP contribution in [0.4, 0.5) is 0 Å². The van der Waals surface area contributed by atoms with E-state index in [1.54, 1.807) is 0 Å². The number of rotatable bonds is 2. The van der Waals surface area contributed by atoms with Crippen molar-refractivity contribution in [3.63, 3.8) is 0 Å². The van der Waals surface area contributed by atoms with E-state index < -0.39 is 0 Å². The molecule has 0 aliphatic carbocycles. The molecule has 2 aromatic rings. The number of aromatic nitrogens is 1. The second kappa shape index (κ2) is 4.28. The van der Waals surface area contributed by atoms with Gasteiger partial charge in [-0.05, 0) is 40.5 Å². The van der Waals surface area contributed by atoms with E-state index in [0.717, 1.165) is 21.9 Å². The lowest BCUT2D eigenvalue weighted by atomic mass is 10.1. The van der Waals surface area contributed by atoms with Gasteiger partial charge in [0.2, 0.25) is 0 Å². The molecule has 4 N–H and O–H groups in total. The molecule has 1 aromatic heterocycles. The van der Waals surface area contributed by atoms with E-state index in [9.17, 15) is 0 Å². The van der Waals surface area contributed by atoms with Crippen molar-refractivity contribution in [2.24, 2.45) is 0 Å². The second-order valence-electron chi connectivity index (χ2n) is 3.61. The fourth-order valence-corrected chi connectivity index (χ4v) is 2.91. The topological polar surface area (TPSA) is 43.4 Å². The molecule has 0 amide bonds. The molecular formula is C11H13Br2N2+. The highest BCUT2D eigenvalue weighted by atomic mass is 79.9. The van der Waals surface area contributed by atoms with Crippen molar-refractivity contribution in [2.45, 2.75) is 13.3 Å². The quantitative estimate of drug-likeness (QED) is 0.849. The summed E-state index contributed by atoms with van der Waals surface area (Å²) < 4.78 is 2.26. The van der Waals surface area contributed by atoms with Crippen LogP contribution in [0.1, 0.15) is 11.3 Å². The summed E-state index contributed by atoms with van der Waals surface area (Å²) >= 11 is 7.17. The molecule has 1 aromatic carbocycles. The molecule has 0 aliphatic heterocycles. The Balaban J connectivity index is 2.79. The van der Waals surface area contributed by atoms with Gasteiger partial charge in [-0.25, -0.2) is 0 Å². The maximum atomic E-state index is 3.92. The molecule has 0 radical (unpaired) electrons. The minimum absolute atomic E-state index is 0.923. The zero-order valence-corrected chi connectivity index (χ0v) is 11.7. The summed E-state index contributed by atoms with van der Waals surface area (Å²) in [6.45, 7) is 3.04. The number of aryl methyl sites for hydroxylation is 1. The summed E-state index contributed by atoms with van der Waals surface area (Å²) in [6, 6.07) is 4.13. The number of fused-ring (bicyclic) bond motifs is 1. The monoisotopic (exact) mass is 331 g/mol. The lowest BCUT2D eigenvalue weighted by molar-refractivity contribution is -0.366. The van der Waals surface area contributed by atoms with E-state index in [-0.39, 0.29) is 0 Å². The van der Waals surface area contributed by atoms with Crippen LogP contribution in [-0.4, -0.2) is 11.5 Å². The van der Waals surface area contributed by atoms with Crippen LogP contribution in [0.2, 0.25) is 0 Å². The maximum absolute atomic E-state index is 3.92. The van der Waals surface area contributed by atoms with E-state index in [1.165, 1.54) is 22.2 Å². The van der Waals surface area contributed by atoms with Gasteiger partial charge in [0.25, 0.3) is 0 Å². The zero-order chi connectivity index (χ0) is 11.0. The second-order valence-corrected chi connectivity index (χ2v) is 5.32. The van der Waals surface area contributed by atoms with E-state index in [2.05, 4.69) is 61.6 Å². The molecule has 0 unspecified atom stereocenters. The van der Waals surface area contributed by atoms with Crippen molar-refractivity contribution in [1.29, 1.82) is 0 Å². The Bertz CT molecular complexity index is 503. The molecule has 0 atom stereocenters. The number of halogens is 2. The van der Waals surface area contributed by atoms with E-state index in [1.807, 2.05) is 0 Å². The van der Waals surface area contributed by atoms with Crippen molar-refractivity contribution in [1.82, 2.24) is 4.98 Å². The van der Waals surface area contributed by atoms with E-state index in [0.29, 0.717) is 0 Å². The normalized spacial score (nSPS) is 11.2.